The van der Waals surface area contributed by atoms with Crippen molar-refractivity contribution in [3.63, 3.8) is 0 Å². The van der Waals surface area contributed by atoms with Crippen LogP contribution in [0.25, 0.3) is 0 Å². The predicted molar refractivity (Wildman–Crippen MR) is 185 cm³/mol. The van der Waals surface area contributed by atoms with Crippen LogP contribution in [0.3, 0.4) is 0 Å². The fourth-order valence-corrected chi connectivity index (χ4v) is 6.98. The second-order valence-corrected chi connectivity index (χ2v) is 14.3. The van der Waals surface area contributed by atoms with E-state index in [9.17, 15) is 18.0 Å². The number of nitrogens with zero attached hydrogens (tertiary/aromatic N) is 2. The molecule has 0 aliphatic rings. The van der Waals surface area contributed by atoms with E-state index in [1.807, 2.05) is 88.4 Å². The number of hydrogen-bond donors (Lipinski definition) is 1. The molecule has 0 spiro atoms. The number of carbonyl (C=O) groups is 2. The second kappa shape index (κ2) is 15.4. The summed E-state index contributed by atoms with van der Waals surface area (Å²) in [5.74, 6) is -0.576. The monoisotopic (exact) mass is 705 g/mol. The Hall–Kier alpha value is -4.15. The molecule has 0 aromatic heterocycles. The number of hydrogen-bond acceptors (Lipinski definition) is 5. The minimum Gasteiger partial charge on any atom is -0.495 e. The Balaban J connectivity index is 1.86. The molecule has 4 aromatic rings. The number of methoxy groups -OCH3 is 1. The lowest BCUT2D eigenvalue weighted by Crippen LogP contribution is -2.54. The summed E-state index contributed by atoms with van der Waals surface area (Å²) >= 11 is 3.51. The maximum Gasteiger partial charge on any atom is 0.264 e. The Kier molecular flexibility index (Phi) is 11.6. The number of halogens is 1. The summed E-state index contributed by atoms with van der Waals surface area (Å²) in [5, 5.41) is 2.97. The Bertz CT molecular complexity index is 1760. The molecule has 4 rings (SSSR count). The van der Waals surface area contributed by atoms with Gasteiger partial charge >= 0.3 is 0 Å². The first-order valence-corrected chi connectivity index (χ1v) is 17.2. The number of anilines is 1. The maximum atomic E-state index is 14.6. The largest absolute Gasteiger partial charge is 0.495 e. The van der Waals surface area contributed by atoms with Crippen LogP contribution in [0.1, 0.15) is 36.1 Å². The first kappa shape index (κ1) is 34.7. The molecule has 2 amide bonds. The molecule has 0 fully saturated rings. The third kappa shape index (κ3) is 8.76. The molecule has 1 N–H and O–H groups in total. The lowest BCUT2D eigenvalue weighted by atomic mass is 10.0. The number of amides is 2. The van der Waals surface area contributed by atoms with Gasteiger partial charge in [0.15, 0.2) is 0 Å². The van der Waals surface area contributed by atoms with Crippen molar-refractivity contribution in [3.8, 4) is 5.75 Å². The molecule has 0 unspecified atom stereocenters. The zero-order valence-electron chi connectivity index (χ0n) is 26.7. The van der Waals surface area contributed by atoms with E-state index in [0.29, 0.717) is 5.75 Å². The van der Waals surface area contributed by atoms with Gasteiger partial charge in [-0.25, -0.2) is 8.42 Å². The van der Waals surface area contributed by atoms with Crippen LogP contribution >= 0.6 is 15.9 Å². The summed E-state index contributed by atoms with van der Waals surface area (Å²) in [6, 6.07) is 27.5. The number of sulfonamides is 1. The molecule has 46 heavy (non-hydrogen) atoms. The van der Waals surface area contributed by atoms with E-state index < -0.39 is 28.5 Å². The molecule has 1 atom stereocenters. The molecular weight excluding hydrogens is 666 g/mol. The van der Waals surface area contributed by atoms with Gasteiger partial charge in [0, 0.05) is 23.5 Å². The first-order valence-electron chi connectivity index (χ1n) is 15.0. The van der Waals surface area contributed by atoms with Crippen molar-refractivity contribution in [2.24, 2.45) is 0 Å². The van der Waals surface area contributed by atoms with Crippen molar-refractivity contribution in [2.75, 3.05) is 18.0 Å². The molecule has 0 saturated carbocycles. The molecule has 0 aliphatic carbocycles. The number of rotatable bonds is 13. The predicted octanol–water partition coefficient (Wildman–Crippen LogP) is 6.43. The van der Waals surface area contributed by atoms with Gasteiger partial charge in [-0.15, -0.1) is 0 Å². The lowest BCUT2D eigenvalue weighted by molar-refractivity contribution is -0.140. The summed E-state index contributed by atoms with van der Waals surface area (Å²) < 4.78 is 36.2. The fourth-order valence-electron chi connectivity index (χ4n) is 5.11. The number of benzene rings is 4. The summed E-state index contributed by atoms with van der Waals surface area (Å²) in [6.07, 6.45) is 0.234. The highest BCUT2D eigenvalue weighted by molar-refractivity contribution is 9.10. The van der Waals surface area contributed by atoms with Crippen LogP contribution in [-0.2, 0) is 32.6 Å². The van der Waals surface area contributed by atoms with Gasteiger partial charge in [0.1, 0.15) is 18.3 Å². The van der Waals surface area contributed by atoms with Crippen LogP contribution in [0.15, 0.2) is 106 Å². The van der Waals surface area contributed by atoms with Gasteiger partial charge in [-0.3, -0.25) is 13.9 Å². The van der Waals surface area contributed by atoms with E-state index in [4.69, 9.17) is 4.74 Å². The minimum absolute atomic E-state index is 0.0337. The van der Waals surface area contributed by atoms with Gasteiger partial charge in [-0.2, -0.15) is 0 Å². The average molecular weight is 707 g/mol. The molecule has 10 heteroatoms. The van der Waals surface area contributed by atoms with Crippen LogP contribution in [0.5, 0.6) is 5.75 Å². The van der Waals surface area contributed by atoms with E-state index in [0.717, 1.165) is 31.0 Å². The standard InChI is InChI=1S/C36H40BrN3O5S/c1-25(2)38-36(42)33(22-28-10-7-6-8-11-28)39(23-29-12-9-13-30(37)21-29)35(41)24-40(32-20-27(4)16-19-34(32)45-5)46(43,44)31-17-14-26(3)15-18-31/h6-21,25,33H,22-24H2,1-5H3,(H,38,42)/t33-/m0/s1. The Morgan fingerprint density at radius 2 is 1.50 bits per heavy atom. The highest BCUT2D eigenvalue weighted by atomic mass is 79.9. The van der Waals surface area contributed by atoms with Crippen LogP contribution in [0.4, 0.5) is 5.69 Å². The van der Waals surface area contributed by atoms with Gasteiger partial charge < -0.3 is 15.0 Å². The molecule has 242 valence electrons. The topological polar surface area (TPSA) is 96.0 Å². The van der Waals surface area contributed by atoms with Gasteiger partial charge in [0.2, 0.25) is 11.8 Å². The van der Waals surface area contributed by atoms with Crippen molar-refractivity contribution in [1.29, 1.82) is 0 Å². The summed E-state index contributed by atoms with van der Waals surface area (Å²) in [7, 11) is -2.80. The number of ether oxygens (including phenoxy) is 1. The molecule has 8 nitrogen and oxygen atoms in total. The number of carbonyl (C=O) groups excluding carboxylic acids is 2. The smallest absolute Gasteiger partial charge is 0.264 e. The van der Waals surface area contributed by atoms with Crippen LogP contribution in [0, 0.1) is 13.8 Å². The van der Waals surface area contributed by atoms with Gasteiger partial charge in [0.25, 0.3) is 10.0 Å². The molecular formula is C36H40BrN3O5S. The van der Waals surface area contributed by atoms with E-state index in [-0.39, 0.29) is 35.5 Å². The summed E-state index contributed by atoms with van der Waals surface area (Å²) in [6.45, 7) is 6.94. The highest BCUT2D eigenvalue weighted by Gasteiger charge is 2.35. The van der Waals surface area contributed by atoms with Gasteiger partial charge in [-0.1, -0.05) is 82.2 Å². The van der Waals surface area contributed by atoms with Crippen LogP contribution < -0.4 is 14.4 Å². The quantitative estimate of drug-likeness (QED) is 0.173. The molecule has 0 bridgehead atoms. The lowest BCUT2D eigenvalue weighted by Gasteiger charge is -2.34. The normalized spacial score (nSPS) is 12.0. The zero-order valence-corrected chi connectivity index (χ0v) is 29.1. The van der Waals surface area contributed by atoms with Crippen LogP contribution in [-0.4, -0.2) is 50.9 Å². The van der Waals surface area contributed by atoms with E-state index in [1.54, 1.807) is 24.3 Å². The van der Waals surface area contributed by atoms with Crippen LogP contribution in [0.2, 0.25) is 0 Å². The third-order valence-electron chi connectivity index (χ3n) is 7.43. The zero-order chi connectivity index (χ0) is 33.4. The summed E-state index contributed by atoms with van der Waals surface area (Å²) in [4.78, 5) is 30.0. The van der Waals surface area contributed by atoms with Crippen molar-refractivity contribution in [2.45, 2.75) is 57.6 Å². The average Bonchev–Trinajstić information content (AvgIpc) is 3.01. The minimum atomic E-state index is -4.25. The van der Waals surface area contributed by atoms with Gasteiger partial charge in [-0.05, 0) is 80.8 Å². The molecule has 0 radical (unpaired) electrons. The fraction of sp³-hybridized carbons (Fsp3) is 0.278. The molecule has 0 saturated heterocycles. The van der Waals surface area contributed by atoms with E-state index in [1.165, 1.54) is 24.1 Å². The van der Waals surface area contributed by atoms with Crippen molar-refractivity contribution in [1.82, 2.24) is 10.2 Å². The van der Waals surface area contributed by atoms with Gasteiger partial charge in [0.05, 0.1) is 17.7 Å². The Labute approximate surface area is 280 Å². The molecule has 0 heterocycles. The number of nitrogens with one attached hydrogen (secondary N) is 1. The highest BCUT2D eigenvalue weighted by Crippen LogP contribution is 2.34. The van der Waals surface area contributed by atoms with E-state index in [2.05, 4.69) is 21.2 Å². The van der Waals surface area contributed by atoms with Crippen molar-refractivity contribution < 1.29 is 22.7 Å². The summed E-state index contributed by atoms with van der Waals surface area (Å²) in [5.41, 5.74) is 3.55. The second-order valence-electron chi connectivity index (χ2n) is 11.5. The number of aryl methyl sites for hydroxylation is 2. The van der Waals surface area contributed by atoms with E-state index >= 15 is 0 Å². The third-order valence-corrected chi connectivity index (χ3v) is 9.70. The maximum absolute atomic E-state index is 14.6. The Morgan fingerprint density at radius 3 is 2.13 bits per heavy atom. The first-order chi connectivity index (χ1) is 21.9. The Morgan fingerprint density at radius 1 is 0.848 bits per heavy atom. The molecule has 0 aliphatic heterocycles. The van der Waals surface area contributed by atoms with Crippen molar-refractivity contribution in [3.05, 3.63) is 124 Å². The SMILES string of the molecule is COc1ccc(C)cc1N(CC(=O)N(Cc1cccc(Br)c1)[C@@H](Cc1ccccc1)C(=O)NC(C)C)S(=O)(=O)c1ccc(C)cc1. The van der Waals surface area contributed by atoms with Crippen molar-refractivity contribution >= 4 is 43.5 Å². The molecule has 4 aromatic carbocycles.